The number of hydrogen-bond acceptors (Lipinski definition) is 3. The number of hydrogen-bond donors (Lipinski definition) is 1. The molecular formula is C26H36FN3O. The van der Waals surface area contributed by atoms with E-state index in [1.54, 1.807) is 6.07 Å². The first kappa shape index (κ1) is 21.0. The van der Waals surface area contributed by atoms with Crippen LogP contribution in [0.3, 0.4) is 0 Å². The summed E-state index contributed by atoms with van der Waals surface area (Å²) in [7, 11) is 0. The van der Waals surface area contributed by atoms with Gasteiger partial charge in [-0.3, -0.25) is 9.80 Å². The lowest BCUT2D eigenvalue weighted by atomic mass is 9.49. The zero-order chi connectivity index (χ0) is 21.4. The van der Waals surface area contributed by atoms with Gasteiger partial charge in [0.15, 0.2) is 0 Å². The predicted octanol–water partition coefficient (Wildman–Crippen LogP) is 5.45. The van der Waals surface area contributed by atoms with Crippen molar-refractivity contribution in [3.8, 4) is 0 Å². The van der Waals surface area contributed by atoms with Crippen LogP contribution in [-0.4, -0.2) is 29.7 Å². The number of amides is 1. The first-order chi connectivity index (χ1) is 15.0. The first-order valence-corrected chi connectivity index (χ1v) is 12.4. The minimum Gasteiger partial charge on any atom is -0.350 e. The summed E-state index contributed by atoms with van der Waals surface area (Å²) in [5, 5.41) is 9.91. The molecule has 1 aliphatic heterocycles. The summed E-state index contributed by atoms with van der Waals surface area (Å²) in [4.78, 5) is 13.1. The Labute approximate surface area is 185 Å². The second-order valence-corrected chi connectivity index (χ2v) is 10.8. The van der Waals surface area contributed by atoms with Crippen LogP contribution in [0, 0.1) is 29.0 Å². The maximum Gasteiger partial charge on any atom is 0.267 e. The maximum atomic E-state index is 14.5. The molecule has 0 saturated heterocycles. The van der Waals surface area contributed by atoms with Crippen molar-refractivity contribution in [3.05, 3.63) is 35.6 Å². The van der Waals surface area contributed by atoms with E-state index in [9.17, 15) is 9.18 Å². The fourth-order valence-electron chi connectivity index (χ4n) is 7.31. The molecule has 4 saturated carbocycles. The van der Waals surface area contributed by atoms with Gasteiger partial charge >= 0.3 is 0 Å². The smallest absolute Gasteiger partial charge is 0.267 e. The normalized spacial score (nSPS) is 33.6. The van der Waals surface area contributed by atoms with Crippen molar-refractivity contribution < 1.29 is 9.18 Å². The molecule has 6 rings (SSSR count). The van der Waals surface area contributed by atoms with Crippen LogP contribution >= 0.6 is 0 Å². The van der Waals surface area contributed by atoms with Crippen LogP contribution in [0.5, 0.6) is 0 Å². The van der Waals surface area contributed by atoms with E-state index in [-0.39, 0.29) is 17.8 Å². The highest BCUT2D eigenvalue weighted by molar-refractivity contribution is 6.39. The third-order valence-corrected chi connectivity index (χ3v) is 8.30. The number of rotatable bonds is 8. The lowest BCUT2D eigenvalue weighted by Gasteiger charge is -2.56. The summed E-state index contributed by atoms with van der Waals surface area (Å²) in [5.41, 5.74) is 1.52. The molecule has 0 spiro atoms. The van der Waals surface area contributed by atoms with Gasteiger partial charge in [-0.15, -0.1) is 0 Å². The molecule has 31 heavy (non-hydrogen) atoms. The molecule has 1 amide bonds. The summed E-state index contributed by atoms with van der Waals surface area (Å²) in [6.07, 6.45) is 11.8. The summed E-state index contributed by atoms with van der Waals surface area (Å²) in [6.45, 7) is 3.72. The Morgan fingerprint density at radius 1 is 1.13 bits per heavy atom. The summed E-state index contributed by atoms with van der Waals surface area (Å²) in [5.74, 6) is 2.39. The maximum absolute atomic E-state index is 14.5. The molecule has 5 aliphatic rings. The van der Waals surface area contributed by atoms with E-state index in [1.807, 2.05) is 17.1 Å². The van der Waals surface area contributed by atoms with Gasteiger partial charge in [0.1, 0.15) is 11.5 Å². The van der Waals surface area contributed by atoms with Gasteiger partial charge in [0.2, 0.25) is 0 Å². The monoisotopic (exact) mass is 425 g/mol. The van der Waals surface area contributed by atoms with Gasteiger partial charge in [0, 0.05) is 25.1 Å². The topological polar surface area (TPSA) is 44.7 Å². The average Bonchev–Trinajstić information content (AvgIpc) is 3.16. The number of carbonyl (C=O) groups excluding carboxylic acids is 1. The first-order valence-electron chi connectivity index (χ1n) is 12.4. The van der Waals surface area contributed by atoms with Crippen LogP contribution in [0.2, 0.25) is 0 Å². The molecule has 1 N–H and O–H groups in total. The largest absolute Gasteiger partial charge is 0.350 e. The minimum absolute atomic E-state index is 0.0462. The average molecular weight is 426 g/mol. The molecule has 1 unspecified atom stereocenters. The zero-order valence-corrected chi connectivity index (χ0v) is 18.8. The van der Waals surface area contributed by atoms with Gasteiger partial charge < -0.3 is 5.32 Å². The van der Waals surface area contributed by atoms with Crippen LogP contribution in [0.1, 0.15) is 82.7 Å². The number of carbonyl (C=O) groups is 1. The van der Waals surface area contributed by atoms with Crippen LogP contribution in [0.25, 0.3) is 0 Å². The molecule has 4 bridgehead atoms. The third kappa shape index (κ3) is 4.25. The fourth-order valence-corrected chi connectivity index (χ4v) is 7.31. The number of hydrazone groups is 1. The van der Waals surface area contributed by atoms with E-state index in [2.05, 4.69) is 12.2 Å². The Bertz CT molecular complexity index is 816. The van der Waals surface area contributed by atoms with Crippen LogP contribution < -0.4 is 5.32 Å². The number of unbranched alkanes of at least 4 members (excludes halogenated alkanes) is 2. The zero-order valence-electron chi connectivity index (χ0n) is 18.8. The fraction of sp³-hybridized carbons (Fsp3) is 0.692. The highest BCUT2D eigenvalue weighted by Gasteiger charge is 2.51. The molecule has 1 aromatic carbocycles. The Balaban J connectivity index is 1.26. The molecular weight excluding hydrogens is 389 g/mol. The van der Waals surface area contributed by atoms with E-state index < -0.39 is 0 Å². The van der Waals surface area contributed by atoms with E-state index in [1.165, 1.54) is 44.6 Å². The van der Waals surface area contributed by atoms with E-state index in [0.717, 1.165) is 50.1 Å². The van der Waals surface area contributed by atoms with Gasteiger partial charge in [0.05, 0.1) is 6.04 Å². The van der Waals surface area contributed by atoms with E-state index >= 15 is 0 Å². The van der Waals surface area contributed by atoms with Crippen molar-refractivity contribution in [1.82, 2.24) is 10.3 Å². The summed E-state index contributed by atoms with van der Waals surface area (Å²) >= 11 is 0. The molecule has 1 atom stereocenters. The summed E-state index contributed by atoms with van der Waals surface area (Å²) in [6, 6.07) is 6.74. The highest BCUT2D eigenvalue weighted by atomic mass is 19.1. The molecule has 4 aliphatic carbocycles. The third-order valence-electron chi connectivity index (χ3n) is 8.30. The van der Waals surface area contributed by atoms with Crippen molar-refractivity contribution >= 4 is 11.6 Å². The molecule has 168 valence electrons. The van der Waals surface area contributed by atoms with E-state index in [4.69, 9.17) is 5.10 Å². The summed E-state index contributed by atoms with van der Waals surface area (Å²) < 4.78 is 14.5. The number of nitrogens with zero attached hydrogens (tertiary/aromatic N) is 2. The molecule has 1 heterocycles. The quantitative estimate of drug-likeness (QED) is 0.563. The van der Waals surface area contributed by atoms with E-state index in [0.29, 0.717) is 23.1 Å². The SMILES string of the molecule is CCCCCN1N=C(C(=O)NCC23CC4CC(CC(C4)C2)C3)CC1c1ccccc1F. The van der Waals surface area contributed by atoms with Crippen LogP contribution in [-0.2, 0) is 4.79 Å². The molecule has 5 heteroatoms. The Morgan fingerprint density at radius 3 is 2.45 bits per heavy atom. The van der Waals surface area contributed by atoms with Crippen LogP contribution in [0.4, 0.5) is 4.39 Å². The molecule has 0 aromatic heterocycles. The van der Waals surface area contributed by atoms with Crippen molar-refractivity contribution in [1.29, 1.82) is 0 Å². The van der Waals surface area contributed by atoms with Crippen molar-refractivity contribution in [2.75, 3.05) is 13.1 Å². The Hall–Kier alpha value is -1.91. The predicted molar refractivity (Wildman–Crippen MR) is 121 cm³/mol. The Kier molecular flexibility index (Phi) is 5.78. The number of benzene rings is 1. The minimum atomic E-state index is -0.210. The second-order valence-electron chi connectivity index (χ2n) is 10.8. The molecule has 0 radical (unpaired) electrons. The van der Waals surface area contributed by atoms with Gasteiger partial charge in [-0.2, -0.15) is 5.10 Å². The van der Waals surface area contributed by atoms with Gasteiger partial charge in [0.25, 0.3) is 5.91 Å². The lowest BCUT2D eigenvalue weighted by molar-refractivity contribution is -0.117. The lowest BCUT2D eigenvalue weighted by Crippen LogP contribution is -2.51. The Morgan fingerprint density at radius 2 is 1.81 bits per heavy atom. The second kappa shape index (κ2) is 8.55. The van der Waals surface area contributed by atoms with Gasteiger partial charge in [-0.1, -0.05) is 38.0 Å². The van der Waals surface area contributed by atoms with Crippen molar-refractivity contribution in [3.63, 3.8) is 0 Å². The number of nitrogens with one attached hydrogen (secondary N) is 1. The van der Waals surface area contributed by atoms with Crippen LogP contribution in [0.15, 0.2) is 29.4 Å². The molecule has 4 fully saturated rings. The molecule has 1 aromatic rings. The molecule has 4 nitrogen and oxygen atoms in total. The standard InChI is InChI=1S/C26H36FN3O/c1-2-3-6-9-30-24(21-7-4-5-8-22(21)27)13-23(29-30)25(31)28-17-26-14-18-10-19(15-26)12-20(11-18)16-26/h4-5,7-8,18-20,24H,2-3,6,9-17H2,1H3,(H,28,31). The van der Waals surface area contributed by atoms with Gasteiger partial charge in [-0.05, 0) is 74.2 Å². The number of halogens is 1. The van der Waals surface area contributed by atoms with Crippen molar-refractivity contribution in [2.45, 2.75) is 77.2 Å². The van der Waals surface area contributed by atoms with Crippen molar-refractivity contribution in [2.24, 2.45) is 28.3 Å². The van der Waals surface area contributed by atoms with Gasteiger partial charge in [-0.25, -0.2) is 4.39 Å². The highest BCUT2D eigenvalue weighted by Crippen LogP contribution is 2.59.